The fraction of sp³-hybridized carbons (Fsp3) is 0.733. The Morgan fingerprint density at radius 2 is 1.82 bits per heavy atom. The zero-order valence-corrected chi connectivity index (χ0v) is 13.0. The van der Waals surface area contributed by atoms with Crippen molar-refractivity contribution in [1.82, 2.24) is 0 Å². The molecule has 1 saturated carbocycles. The maximum absolute atomic E-state index is 6.01. The first-order valence-corrected chi connectivity index (χ1v) is 10.3. The van der Waals surface area contributed by atoms with Gasteiger partial charge in [-0.1, -0.05) is 25.3 Å². The van der Waals surface area contributed by atoms with Crippen LogP contribution in [-0.2, 0) is 4.43 Å². The lowest BCUT2D eigenvalue weighted by Crippen LogP contribution is -2.24. The van der Waals surface area contributed by atoms with Crippen LogP contribution in [0.25, 0.3) is 0 Å². The summed E-state index contributed by atoms with van der Waals surface area (Å²) in [5.74, 6) is 2.40. The first kappa shape index (κ1) is 14.6. The van der Waals surface area contributed by atoms with E-state index in [0.29, 0.717) is 5.92 Å². The highest BCUT2D eigenvalue weighted by atomic mass is 28.4. The Morgan fingerprint density at radius 3 is 2.29 bits per heavy atom. The maximum atomic E-state index is 6.01. The number of rotatable bonds is 5. The normalized spacial score (nSPS) is 21.1. The highest BCUT2D eigenvalue weighted by molar-refractivity contribution is 6.70. The van der Waals surface area contributed by atoms with Crippen LogP contribution in [0.4, 0.5) is 0 Å². The summed E-state index contributed by atoms with van der Waals surface area (Å²) in [7, 11) is -1.45. The van der Waals surface area contributed by atoms with Crippen molar-refractivity contribution in [3.05, 3.63) is 24.5 Å². The van der Waals surface area contributed by atoms with E-state index in [0.717, 1.165) is 11.7 Å². The summed E-state index contributed by atoms with van der Waals surface area (Å²) >= 11 is 0. The van der Waals surface area contributed by atoms with Crippen molar-refractivity contribution in [1.29, 1.82) is 0 Å². The number of hydrogen-bond donors (Lipinski definition) is 0. The topological polar surface area (TPSA) is 9.23 Å². The second-order valence-electron chi connectivity index (χ2n) is 6.20. The van der Waals surface area contributed by atoms with Gasteiger partial charge in [0.1, 0.15) is 0 Å². The van der Waals surface area contributed by atoms with Crippen LogP contribution in [0.5, 0.6) is 0 Å². The molecule has 0 aromatic rings. The monoisotopic (exact) mass is 252 g/mol. The zero-order chi connectivity index (χ0) is 12.9. The molecule has 0 aromatic carbocycles. The summed E-state index contributed by atoms with van der Waals surface area (Å²) in [6, 6.07) is 0. The zero-order valence-electron chi connectivity index (χ0n) is 12.0. The summed E-state index contributed by atoms with van der Waals surface area (Å²) in [4.78, 5) is 0. The Morgan fingerprint density at radius 1 is 1.24 bits per heavy atom. The van der Waals surface area contributed by atoms with Crippen molar-refractivity contribution in [2.45, 2.75) is 58.7 Å². The minimum absolute atomic E-state index is 0.506. The Hall–Kier alpha value is -0.503. The molecule has 0 aromatic heterocycles. The van der Waals surface area contributed by atoms with Crippen LogP contribution in [-0.4, -0.2) is 8.32 Å². The predicted octanol–water partition coefficient (Wildman–Crippen LogP) is 5.12. The summed E-state index contributed by atoms with van der Waals surface area (Å²) in [5, 5.41) is 0. The molecule has 1 atom stereocenters. The average Bonchev–Trinajstić information content (AvgIpc) is 2.24. The van der Waals surface area contributed by atoms with Crippen LogP contribution in [0.2, 0.25) is 19.6 Å². The summed E-state index contributed by atoms with van der Waals surface area (Å²) in [6.07, 6.45) is 11.3. The van der Waals surface area contributed by atoms with Crippen LogP contribution in [0.3, 0.4) is 0 Å². The van der Waals surface area contributed by atoms with Gasteiger partial charge in [-0.05, 0) is 51.4 Å². The van der Waals surface area contributed by atoms with Crippen LogP contribution >= 0.6 is 0 Å². The van der Waals surface area contributed by atoms with Crippen LogP contribution < -0.4 is 0 Å². The van der Waals surface area contributed by atoms with E-state index in [1.807, 2.05) is 0 Å². The second kappa shape index (κ2) is 6.44. The molecule has 1 fully saturated rings. The Balaban J connectivity index is 2.60. The quantitative estimate of drug-likeness (QED) is 0.375. The second-order valence-corrected chi connectivity index (χ2v) is 10.6. The van der Waals surface area contributed by atoms with Crippen molar-refractivity contribution < 1.29 is 4.43 Å². The minimum Gasteiger partial charge on any atom is -0.548 e. The number of hydrogen-bond acceptors (Lipinski definition) is 1. The summed E-state index contributed by atoms with van der Waals surface area (Å²) < 4.78 is 6.01. The molecule has 1 aliphatic carbocycles. The van der Waals surface area contributed by atoms with Crippen molar-refractivity contribution in [3.63, 3.8) is 0 Å². The van der Waals surface area contributed by atoms with E-state index in [4.69, 9.17) is 4.43 Å². The molecular formula is C15H28OSi. The summed E-state index contributed by atoms with van der Waals surface area (Å²) in [5.41, 5.74) is 0. The molecule has 0 unspecified atom stereocenters. The first-order valence-electron chi connectivity index (χ1n) is 6.92. The lowest BCUT2D eigenvalue weighted by atomic mass is 9.80. The van der Waals surface area contributed by atoms with E-state index >= 15 is 0 Å². The van der Waals surface area contributed by atoms with E-state index in [-0.39, 0.29) is 0 Å². The SMILES string of the molecule is C=C[C@H](/C=C(\C)O[Si](C)(C)C)C1CCCCC1. The molecule has 0 heterocycles. The fourth-order valence-electron chi connectivity index (χ4n) is 2.70. The lowest BCUT2D eigenvalue weighted by molar-refractivity contribution is 0.311. The fourth-order valence-corrected chi connectivity index (χ4v) is 3.74. The molecule has 1 rings (SSSR count). The lowest BCUT2D eigenvalue weighted by Gasteiger charge is -2.27. The summed E-state index contributed by atoms with van der Waals surface area (Å²) in [6.45, 7) is 12.8. The van der Waals surface area contributed by atoms with Crippen LogP contribution in [0, 0.1) is 11.8 Å². The minimum atomic E-state index is -1.45. The molecule has 17 heavy (non-hydrogen) atoms. The third kappa shape index (κ3) is 5.58. The van der Waals surface area contributed by atoms with Crippen molar-refractivity contribution in [2.75, 3.05) is 0 Å². The van der Waals surface area contributed by atoms with E-state index in [1.165, 1.54) is 32.1 Å². The third-order valence-corrected chi connectivity index (χ3v) is 4.30. The van der Waals surface area contributed by atoms with Crippen molar-refractivity contribution in [3.8, 4) is 0 Å². The molecule has 0 aliphatic heterocycles. The smallest absolute Gasteiger partial charge is 0.241 e. The van der Waals surface area contributed by atoms with Gasteiger partial charge in [-0.2, -0.15) is 0 Å². The van der Waals surface area contributed by atoms with Gasteiger partial charge in [0.15, 0.2) is 0 Å². The van der Waals surface area contributed by atoms with Gasteiger partial charge in [0.05, 0.1) is 5.76 Å². The van der Waals surface area contributed by atoms with Gasteiger partial charge in [0.25, 0.3) is 0 Å². The molecule has 1 aliphatic rings. The van der Waals surface area contributed by atoms with E-state index < -0.39 is 8.32 Å². The number of allylic oxidation sites excluding steroid dienone is 3. The van der Waals surface area contributed by atoms with Gasteiger partial charge in [0, 0.05) is 5.92 Å². The van der Waals surface area contributed by atoms with Gasteiger partial charge >= 0.3 is 0 Å². The molecule has 0 saturated heterocycles. The molecule has 0 amide bonds. The molecule has 2 heteroatoms. The molecule has 0 spiro atoms. The molecule has 1 nitrogen and oxygen atoms in total. The van der Waals surface area contributed by atoms with Crippen LogP contribution in [0.1, 0.15) is 39.0 Å². The average molecular weight is 252 g/mol. The van der Waals surface area contributed by atoms with Gasteiger partial charge in [-0.3, -0.25) is 0 Å². The highest BCUT2D eigenvalue weighted by Gasteiger charge is 2.21. The van der Waals surface area contributed by atoms with Crippen molar-refractivity contribution in [2.24, 2.45) is 11.8 Å². The predicted molar refractivity (Wildman–Crippen MR) is 78.5 cm³/mol. The first-order chi connectivity index (χ1) is 7.92. The standard InChI is InChI=1S/C15H28OSi/c1-6-14(15-10-8-7-9-11-15)12-13(2)16-17(3,4)5/h6,12,14-15H,1,7-11H2,2-5H3/b13-12+/t14-/m1/s1. The Bertz CT molecular complexity index is 269. The molecule has 0 N–H and O–H groups in total. The third-order valence-electron chi connectivity index (χ3n) is 3.36. The maximum Gasteiger partial charge on any atom is 0.241 e. The molecule has 0 bridgehead atoms. The van der Waals surface area contributed by atoms with E-state index in [2.05, 4.69) is 45.3 Å². The van der Waals surface area contributed by atoms with E-state index in [9.17, 15) is 0 Å². The highest BCUT2D eigenvalue weighted by Crippen LogP contribution is 2.32. The van der Waals surface area contributed by atoms with Gasteiger partial charge in [0.2, 0.25) is 8.32 Å². The van der Waals surface area contributed by atoms with Gasteiger partial charge < -0.3 is 4.43 Å². The molecular weight excluding hydrogens is 224 g/mol. The Kier molecular flexibility index (Phi) is 5.51. The molecule has 0 radical (unpaired) electrons. The largest absolute Gasteiger partial charge is 0.548 e. The van der Waals surface area contributed by atoms with Gasteiger partial charge in [-0.25, -0.2) is 0 Å². The van der Waals surface area contributed by atoms with Gasteiger partial charge in [-0.15, -0.1) is 6.58 Å². The van der Waals surface area contributed by atoms with Crippen molar-refractivity contribution >= 4 is 8.32 Å². The Labute approximate surface area is 108 Å². The van der Waals surface area contributed by atoms with Crippen LogP contribution in [0.15, 0.2) is 24.5 Å². The van der Waals surface area contributed by atoms with E-state index in [1.54, 1.807) is 0 Å². The molecule has 98 valence electrons.